The molecule has 166 valence electrons. The number of nitrogens with one attached hydrogen (secondary N) is 3. The van der Waals surface area contributed by atoms with E-state index in [2.05, 4.69) is 59.0 Å². The molecule has 32 heavy (non-hydrogen) atoms. The molecule has 0 saturated heterocycles. The van der Waals surface area contributed by atoms with Crippen LogP contribution in [0.5, 0.6) is 5.75 Å². The van der Waals surface area contributed by atoms with Crippen LogP contribution in [0, 0.1) is 6.92 Å². The van der Waals surface area contributed by atoms with Gasteiger partial charge in [0.2, 0.25) is 18.2 Å². The Balaban J connectivity index is 1.59. The fraction of sp³-hybridized carbons (Fsp3) is 0.280. The fourth-order valence-corrected chi connectivity index (χ4v) is 3.62. The minimum absolute atomic E-state index is 0.467. The number of nitrogens with zero attached hydrogens (tertiary/aromatic N) is 3. The largest absolute Gasteiger partial charge is 0.497 e. The number of aryl methyl sites for hydroxylation is 1. The Hall–Kier alpha value is -3.74. The second-order valence-electron chi connectivity index (χ2n) is 8.01. The molecule has 2 aromatic rings. The maximum absolute atomic E-state index is 5.26. The predicted molar refractivity (Wildman–Crippen MR) is 132 cm³/mol. The summed E-state index contributed by atoms with van der Waals surface area (Å²) in [4.78, 5) is 11.6. The number of ether oxygens (including phenoxy) is 1. The van der Waals surface area contributed by atoms with Crippen molar-refractivity contribution in [3.05, 3.63) is 77.5 Å². The number of guanidine groups is 2. The van der Waals surface area contributed by atoms with E-state index in [0.717, 1.165) is 41.6 Å². The number of hydrogen-bond donors (Lipinski definition) is 3. The third-order valence-electron chi connectivity index (χ3n) is 5.38. The first-order valence-corrected chi connectivity index (χ1v) is 10.8. The van der Waals surface area contributed by atoms with Crippen molar-refractivity contribution >= 4 is 23.3 Å². The monoisotopic (exact) mass is 430 g/mol. The van der Waals surface area contributed by atoms with Crippen molar-refractivity contribution in [2.24, 2.45) is 9.98 Å². The van der Waals surface area contributed by atoms with Crippen molar-refractivity contribution in [1.29, 1.82) is 0 Å². The van der Waals surface area contributed by atoms with E-state index in [4.69, 9.17) is 14.7 Å². The summed E-state index contributed by atoms with van der Waals surface area (Å²) in [5, 5.41) is 10.1. The molecule has 1 atom stereocenters. The quantitative estimate of drug-likeness (QED) is 0.642. The molecule has 0 saturated carbocycles. The van der Waals surface area contributed by atoms with Crippen LogP contribution in [-0.4, -0.2) is 37.3 Å². The van der Waals surface area contributed by atoms with Crippen LogP contribution < -0.4 is 20.7 Å². The topological polar surface area (TPSA) is 73.3 Å². The van der Waals surface area contributed by atoms with E-state index in [1.807, 2.05) is 43.4 Å². The molecule has 0 aromatic heterocycles. The predicted octanol–water partition coefficient (Wildman–Crippen LogP) is 4.68. The number of likely N-dealkylation sites (N-methyl/N-ethyl adjacent to an activating group) is 1. The summed E-state index contributed by atoms with van der Waals surface area (Å²) in [6.45, 7) is 4.23. The highest BCUT2D eigenvalue weighted by molar-refractivity contribution is 6.07. The zero-order valence-corrected chi connectivity index (χ0v) is 19.0. The Morgan fingerprint density at radius 2 is 1.88 bits per heavy atom. The van der Waals surface area contributed by atoms with E-state index in [9.17, 15) is 0 Å². The molecule has 2 aromatic carbocycles. The van der Waals surface area contributed by atoms with Gasteiger partial charge in [0.1, 0.15) is 5.75 Å². The summed E-state index contributed by atoms with van der Waals surface area (Å²) in [6.07, 6.45) is 6.11. The van der Waals surface area contributed by atoms with Gasteiger partial charge in [0, 0.05) is 24.1 Å². The molecular weight excluding hydrogens is 400 g/mol. The van der Waals surface area contributed by atoms with Crippen LogP contribution in [0.15, 0.2) is 81.9 Å². The number of aliphatic imine (C=N–C) groups is 2. The first-order chi connectivity index (χ1) is 15.5. The van der Waals surface area contributed by atoms with Gasteiger partial charge in [-0.2, -0.15) is 0 Å². The number of allylic oxidation sites excluding steroid dienone is 3. The van der Waals surface area contributed by atoms with Gasteiger partial charge in [-0.15, -0.1) is 0 Å². The molecular formula is C25H30N6O. The van der Waals surface area contributed by atoms with Gasteiger partial charge in [-0.05, 0) is 74.7 Å². The number of methoxy groups -OCH3 is 1. The van der Waals surface area contributed by atoms with Gasteiger partial charge in [-0.25, -0.2) is 9.98 Å². The minimum atomic E-state index is -0.467. The lowest BCUT2D eigenvalue weighted by Gasteiger charge is -2.30. The van der Waals surface area contributed by atoms with E-state index >= 15 is 0 Å². The van der Waals surface area contributed by atoms with Gasteiger partial charge in [0.15, 0.2) is 0 Å². The number of rotatable bonds is 5. The van der Waals surface area contributed by atoms with Gasteiger partial charge in [-0.3, -0.25) is 5.32 Å². The molecule has 3 N–H and O–H groups in total. The SMILES string of the molecule is COc1ccc(NC2=NC(Nc3cccc(C)c3)N=C(N(C)C3=CCCC(C)=C3)N2)cc1. The zero-order chi connectivity index (χ0) is 22.5. The highest BCUT2D eigenvalue weighted by Gasteiger charge is 2.21. The smallest absolute Gasteiger partial charge is 0.221 e. The van der Waals surface area contributed by atoms with Gasteiger partial charge in [0.25, 0.3) is 0 Å². The lowest BCUT2D eigenvalue weighted by atomic mass is 10.0. The summed E-state index contributed by atoms with van der Waals surface area (Å²) in [7, 11) is 3.68. The van der Waals surface area contributed by atoms with E-state index < -0.39 is 6.29 Å². The first kappa shape index (κ1) is 21.5. The Morgan fingerprint density at radius 1 is 1.06 bits per heavy atom. The second-order valence-corrected chi connectivity index (χ2v) is 8.01. The van der Waals surface area contributed by atoms with Crippen LogP contribution in [-0.2, 0) is 0 Å². The van der Waals surface area contributed by atoms with Gasteiger partial charge < -0.3 is 20.3 Å². The molecule has 0 bridgehead atoms. The van der Waals surface area contributed by atoms with Crippen molar-refractivity contribution in [2.75, 3.05) is 24.8 Å². The van der Waals surface area contributed by atoms with Crippen molar-refractivity contribution < 1.29 is 4.74 Å². The number of hydrogen-bond acceptors (Lipinski definition) is 7. The van der Waals surface area contributed by atoms with Crippen LogP contribution in [0.3, 0.4) is 0 Å². The molecule has 0 spiro atoms. The number of anilines is 2. The van der Waals surface area contributed by atoms with E-state index in [1.54, 1.807) is 7.11 Å². The Kier molecular flexibility index (Phi) is 6.44. The van der Waals surface area contributed by atoms with Crippen molar-refractivity contribution in [2.45, 2.75) is 33.0 Å². The zero-order valence-electron chi connectivity index (χ0n) is 19.0. The van der Waals surface area contributed by atoms with Gasteiger partial charge in [0.05, 0.1) is 7.11 Å². The fourth-order valence-electron chi connectivity index (χ4n) is 3.62. The highest BCUT2D eigenvalue weighted by Crippen LogP contribution is 2.21. The molecule has 7 nitrogen and oxygen atoms in total. The van der Waals surface area contributed by atoms with Crippen LogP contribution >= 0.6 is 0 Å². The first-order valence-electron chi connectivity index (χ1n) is 10.8. The summed E-state index contributed by atoms with van der Waals surface area (Å²) < 4.78 is 5.26. The molecule has 2 aliphatic rings. The van der Waals surface area contributed by atoms with Crippen molar-refractivity contribution in [3.8, 4) is 5.75 Å². The van der Waals surface area contributed by atoms with Crippen LogP contribution in [0.25, 0.3) is 0 Å². The average molecular weight is 431 g/mol. The molecule has 1 aliphatic carbocycles. The van der Waals surface area contributed by atoms with Crippen LogP contribution in [0.2, 0.25) is 0 Å². The second kappa shape index (κ2) is 9.60. The molecule has 0 amide bonds. The van der Waals surface area contributed by atoms with Gasteiger partial charge in [-0.1, -0.05) is 23.8 Å². The molecule has 1 unspecified atom stereocenters. The van der Waals surface area contributed by atoms with Crippen molar-refractivity contribution in [3.63, 3.8) is 0 Å². The van der Waals surface area contributed by atoms with Crippen LogP contribution in [0.4, 0.5) is 11.4 Å². The van der Waals surface area contributed by atoms with Gasteiger partial charge >= 0.3 is 0 Å². The van der Waals surface area contributed by atoms with E-state index in [1.165, 1.54) is 11.1 Å². The Morgan fingerprint density at radius 3 is 2.59 bits per heavy atom. The Bertz CT molecular complexity index is 1080. The lowest BCUT2D eigenvalue weighted by molar-refractivity contribution is 0.415. The molecule has 7 heteroatoms. The standard InChI is InChI=1S/C25H30N6O/c1-17-7-5-9-20(15-17)27-24-28-23(26-19-11-13-22(32-4)14-12-19)29-25(30-24)31(3)21-10-6-8-18(2)16-21/h5,7,9-16,24,27H,6,8H2,1-4H3,(H2,26,28,29,30). The average Bonchev–Trinajstić information content (AvgIpc) is 2.79. The highest BCUT2D eigenvalue weighted by atomic mass is 16.5. The third-order valence-corrected chi connectivity index (χ3v) is 5.38. The summed E-state index contributed by atoms with van der Waals surface area (Å²) in [5.41, 5.74) is 5.55. The van der Waals surface area contributed by atoms with E-state index in [-0.39, 0.29) is 0 Å². The lowest BCUT2D eigenvalue weighted by Crippen LogP contribution is -2.49. The summed E-state index contributed by atoms with van der Waals surface area (Å²) in [6, 6.07) is 15.9. The van der Waals surface area contributed by atoms with E-state index in [0.29, 0.717) is 5.96 Å². The van der Waals surface area contributed by atoms with Crippen LogP contribution in [0.1, 0.15) is 25.3 Å². The third kappa shape index (κ3) is 5.29. The summed E-state index contributed by atoms with van der Waals surface area (Å²) in [5.74, 6) is 2.15. The number of benzene rings is 2. The molecule has 4 rings (SSSR count). The summed E-state index contributed by atoms with van der Waals surface area (Å²) >= 11 is 0. The maximum atomic E-state index is 5.26. The molecule has 1 heterocycles. The maximum Gasteiger partial charge on any atom is 0.221 e. The minimum Gasteiger partial charge on any atom is -0.497 e. The molecule has 1 aliphatic heterocycles. The van der Waals surface area contributed by atoms with Crippen molar-refractivity contribution in [1.82, 2.24) is 10.2 Å². The molecule has 0 fully saturated rings. The molecule has 0 radical (unpaired) electrons. The normalized spacial score (nSPS) is 17.8. The Labute approximate surface area is 189 Å².